The van der Waals surface area contributed by atoms with Gasteiger partial charge in [0.25, 0.3) is 0 Å². The second kappa shape index (κ2) is 10.1. The molecule has 9 heteroatoms. The number of hydrogen-bond donors (Lipinski definition) is 5. The summed E-state index contributed by atoms with van der Waals surface area (Å²) in [5.41, 5.74) is 14.5. The van der Waals surface area contributed by atoms with Crippen molar-refractivity contribution in [1.29, 1.82) is 0 Å². The van der Waals surface area contributed by atoms with E-state index in [0.29, 0.717) is 17.3 Å². The first-order valence-corrected chi connectivity index (χ1v) is 8.77. The van der Waals surface area contributed by atoms with Gasteiger partial charge >= 0.3 is 0 Å². The number of alkyl halides is 1. The highest BCUT2D eigenvalue weighted by atomic mass is 31.0. The van der Waals surface area contributed by atoms with Crippen LogP contribution in [0.2, 0.25) is 0 Å². The van der Waals surface area contributed by atoms with Crippen molar-refractivity contribution < 1.29 is 9.50 Å². The highest BCUT2D eigenvalue weighted by Crippen LogP contribution is 2.21. The van der Waals surface area contributed by atoms with E-state index in [4.69, 9.17) is 16.6 Å². The topological polar surface area (TPSA) is 122 Å². The number of pyridine rings is 1. The van der Waals surface area contributed by atoms with Crippen molar-refractivity contribution in [3.63, 3.8) is 0 Å². The number of halogens is 1. The Morgan fingerprint density at radius 3 is 2.77 bits per heavy atom. The van der Waals surface area contributed by atoms with Crippen LogP contribution in [0.4, 0.5) is 15.9 Å². The first-order valence-electron chi connectivity index (χ1n) is 8.19. The Hall–Kier alpha value is -2.18. The Bertz CT molecular complexity index is 702. The molecule has 1 aromatic heterocycles. The molecule has 0 saturated heterocycles. The number of nitrogens with two attached hydrogens (primary N) is 2. The van der Waals surface area contributed by atoms with Gasteiger partial charge in [0.15, 0.2) is 11.2 Å². The summed E-state index contributed by atoms with van der Waals surface area (Å²) in [4.78, 5) is 8.43. The number of anilines is 1. The number of aliphatic hydroxyl groups excluding tert-OH is 1. The van der Waals surface area contributed by atoms with Crippen molar-refractivity contribution in [1.82, 2.24) is 15.6 Å². The molecule has 0 bridgehead atoms. The van der Waals surface area contributed by atoms with E-state index >= 15 is 0 Å². The highest BCUT2D eigenvalue weighted by Gasteiger charge is 2.21. The molecule has 7 N–H and O–H groups in total. The van der Waals surface area contributed by atoms with Gasteiger partial charge in [-0.05, 0) is 13.3 Å². The lowest BCUT2D eigenvalue weighted by molar-refractivity contribution is 0.149. The SMILES string of the molecule is CCC(C)=Cc1cnc(N=C(N)/C=C(\NC)NCC(F)(P)CO)cc1N. The average Bonchev–Trinajstić information content (AvgIpc) is 2.60. The van der Waals surface area contributed by atoms with Crippen LogP contribution in [-0.4, -0.2) is 41.5 Å². The summed E-state index contributed by atoms with van der Waals surface area (Å²) in [5, 5.41) is 12.8. The number of nitrogen functional groups attached to an aromatic ring is 1. The van der Waals surface area contributed by atoms with E-state index in [-0.39, 0.29) is 12.4 Å². The van der Waals surface area contributed by atoms with Crippen LogP contribution in [0.15, 0.2) is 34.7 Å². The summed E-state index contributed by atoms with van der Waals surface area (Å²) in [6.07, 6.45) is 6.07. The molecule has 0 saturated carbocycles. The summed E-state index contributed by atoms with van der Waals surface area (Å²) in [6, 6.07) is 1.64. The largest absolute Gasteiger partial charge is 0.398 e. The second-order valence-electron chi connectivity index (χ2n) is 5.91. The average molecular weight is 382 g/mol. The van der Waals surface area contributed by atoms with E-state index in [2.05, 4.69) is 27.5 Å². The highest BCUT2D eigenvalue weighted by molar-refractivity contribution is 7.18. The zero-order valence-electron chi connectivity index (χ0n) is 15.4. The standard InChI is InChI=1S/C17H28FN6OP/c1-4-11(2)5-12-8-22-16(6-13(12)19)24-14(20)7-15(21-3)23-9-17(18,26)10-25/h5-8,21,23,25H,4,9-10,26H2,1-3H3,(H4,19,20,22,24)/b11-5?,15-7+. The van der Waals surface area contributed by atoms with Crippen molar-refractivity contribution in [2.75, 3.05) is 25.9 Å². The van der Waals surface area contributed by atoms with E-state index in [1.807, 2.05) is 22.2 Å². The zero-order valence-corrected chi connectivity index (χ0v) is 16.5. The van der Waals surface area contributed by atoms with Crippen molar-refractivity contribution in [3.8, 4) is 0 Å². The summed E-state index contributed by atoms with van der Waals surface area (Å²) < 4.78 is 13.7. The van der Waals surface area contributed by atoms with Crippen LogP contribution in [0.1, 0.15) is 25.8 Å². The third kappa shape index (κ3) is 7.37. The molecule has 0 aliphatic rings. The predicted octanol–water partition coefficient (Wildman–Crippen LogP) is 1.65. The first-order chi connectivity index (χ1) is 12.2. The normalized spacial score (nSPS) is 15.5. The van der Waals surface area contributed by atoms with Crippen LogP contribution in [-0.2, 0) is 0 Å². The van der Waals surface area contributed by atoms with Crippen LogP contribution >= 0.6 is 9.24 Å². The van der Waals surface area contributed by atoms with Gasteiger partial charge in [0.1, 0.15) is 11.7 Å². The molecule has 0 aliphatic heterocycles. The number of aliphatic imine (C=N–C) groups is 1. The number of aromatic nitrogens is 1. The van der Waals surface area contributed by atoms with Gasteiger partial charge < -0.3 is 27.2 Å². The monoisotopic (exact) mass is 382 g/mol. The first kappa shape index (κ1) is 21.9. The molecule has 0 fully saturated rings. The summed E-state index contributed by atoms with van der Waals surface area (Å²) >= 11 is 0. The Labute approximate surface area is 156 Å². The molecule has 0 spiro atoms. The van der Waals surface area contributed by atoms with Gasteiger partial charge in [-0.1, -0.05) is 27.8 Å². The lowest BCUT2D eigenvalue weighted by Gasteiger charge is -2.19. The molecular weight excluding hydrogens is 354 g/mol. The lowest BCUT2D eigenvalue weighted by Crippen LogP contribution is -2.37. The Kier molecular flexibility index (Phi) is 8.48. The number of allylic oxidation sites excluding steroid dienone is 1. The maximum atomic E-state index is 13.7. The number of nitrogens with one attached hydrogen (secondary N) is 2. The molecule has 1 heterocycles. The van der Waals surface area contributed by atoms with Gasteiger partial charge in [0.2, 0.25) is 0 Å². The van der Waals surface area contributed by atoms with Gasteiger partial charge in [0, 0.05) is 36.6 Å². The molecule has 2 unspecified atom stereocenters. The molecule has 1 aromatic rings. The van der Waals surface area contributed by atoms with Crippen molar-refractivity contribution in [3.05, 3.63) is 35.3 Å². The molecular formula is C17H28FN6OP. The van der Waals surface area contributed by atoms with Gasteiger partial charge in [-0.2, -0.15) is 0 Å². The van der Waals surface area contributed by atoms with Crippen molar-refractivity contribution in [2.24, 2.45) is 10.7 Å². The fourth-order valence-corrected chi connectivity index (χ4v) is 1.94. The third-order valence-electron chi connectivity index (χ3n) is 3.55. The predicted molar refractivity (Wildman–Crippen MR) is 110 cm³/mol. The minimum absolute atomic E-state index is 0.114. The fourth-order valence-electron chi connectivity index (χ4n) is 1.84. The van der Waals surface area contributed by atoms with E-state index in [0.717, 1.165) is 12.0 Å². The van der Waals surface area contributed by atoms with Gasteiger partial charge in [0.05, 0.1) is 13.2 Å². The molecule has 0 aromatic carbocycles. The molecule has 26 heavy (non-hydrogen) atoms. The maximum absolute atomic E-state index is 13.7. The minimum Gasteiger partial charge on any atom is -0.398 e. The summed E-state index contributed by atoms with van der Waals surface area (Å²) in [6.45, 7) is 3.36. The van der Waals surface area contributed by atoms with Crippen molar-refractivity contribution >= 4 is 32.7 Å². The quantitative estimate of drug-likeness (QED) is 0.252. The van der Waals surface area contributed by atoms with E-state index in [1.54, 1.807) is 19.3 Å². The van der Waals surface area contributed by atoms with Gasteiger partial charge in [-0.3, -0.25) is 0 Å². The molecule has 0 amide bonds. The fraction of sp³-hybridized carbons (Fsp3) is 0.412. The Morgan fingerprint density at radius 1 is 1.54 bits per heavy atom. The van der Waals surface area contributed by atoms with E-state index < -0.39 is 12.0 Å². The molecule has 2 atom stereocenters. The van der Waals surface area contributed by atoms with Crippen LogP contribution in [0.3, 0.4) is 0 Å². The molecule has 1 rings (SSSR count). The number of aliphatic hydroxyl groups is 1. The molecule has 144 valence electrons. The lowest BCUT2D eigenvalue weighted by atomic mass is 10.1. The van der Waals surface area contributed by atoms with E-state index in [1.165, 1.54) is 11.6 Å². The van der Waals surface area contributed by atoms with Crippen LogP contribution in [0, 0.1) is 0 Å². The van der Waals surface area contributed by atoms with Crippen LogP contribution in [0.5, 0.6) is 0 Å². The number of rotatable bonds is 9. The summed E-state index contributed by atoms with van der Waals surface area (Å²) in [7, 11) is 3.61. The van der Waals surface area contributed by atoms with Gasteiger partial charge in [-0.15, -0.1) is 0 Å². The third-order valence-corrected chi connectivity index (χ3v) is 3.94. The zero-order chi connectivity index (χ0) is 19.7. The Morgan fingerprint density at radius 2 is 2.23 bits per heavy atom. The van der Waals surface area contributed by atoms with Crippen LogP contribution in [0.25, 0.3) is 6.08 Å². The number of nitrogens with zero attached hydrogens (tertiary/aromatic N) is 2. The van der Waals surface area contributed by atoms with Crippen LogP contribution < -0.4 is 22.1 Å². The summed E-state index contributed by atoms with van der Waals surface area (Å²) in [5.74, 6) is 0.994. The second-order valence-corrected chi connectivity index (χ2v) is 6.94. The minimum atomic E-state index is -1.82. The number of hydrogen-bond acceptors (Lipinski definition) is 6. The smallest absolute Gasteiger partial charge is 0.163 e. The number of amidine groups is 1. The molecule has 0 radical (unpaired) electrons. The maximum Gasteiger partial charge on any atom is 0.163 e. The Balaban J connectivity index is 2.92. The molecule has 7 nitrogen and oxygen atoms in total. The van der Waals surface area contributed by atoms with E-state index in [9.17, 15) is 4.39 Å². The van der Waals surface area contributed by atoms with Crippen molar-refractivity contribution in [2.45, 2.75) is 25.7 Å². The molecule has 0 aliphatic carbocycles. The van der Waals surface area contributed by atoms with Gasteiger partial charge in [-0.25, -0.2) is 14.4 Å².